The molecular formula is C28H24ClN3O. The molecule has 5 heteroatoms. The Balaban J connectivity index is 2.00. The number of rotatable bonds is 5. The summed E-state index contributed by atoms with van der Waals surface area (Å²) in [6.45, 7) is 3.65. The standard InChI is InChI=1S/C28H24ClN3O/c1-19-26-24(18-25(29)30-27(26)20(2)33)32(31-19)28(21-12-6-3-7-13-21,22-14-8-4-9-15-22)23-16-10-5-11-17-23/h3-18,20,33H,1-2H3. The van der Waals surface area contributed by atoms with E-state index in [4.69, 9.17) is 16.7 Å². The summed E-state index contributed by atoms with van der Waals surface area (Å²) in [6, 6.07) is 32.9. The zero-order valence-corrected chi connectivity index (χ0v) is 19.2. The molecule has 2 heterocycles. The lowest BCUT2D eigenvalue weighted by molar-refractivity contribution is 0.196. The molecule has 1 N–H and O–H groups in total. The van der Waals surface area contributed by atoms with Gasteiger partial charge in [-0.15, -0.1) is 0 Å². The van der Waals surface area contributed by atoms with Crippen molar-refractivity contribution in [3.63, 3.8) is 0 Å². The van der Waals surface area contributed by atoms with Gasteiger partial charge in [-0.05, 0) is 30.5 Å². The fourth-order valence-electron chi connectivity index (χ4n) is 4.77. The van der Waals surface area contributed by atoms with E-state index in [9.17, 15) is 5.11 Å². The van der Waals surface area contributed by atoms with Crippen LogP contribution in [-0.4, -0.2) is 19.9 Å². The van der Waals surface area contributed by atoms with Crippen molar-refractivity contribution >= 4 is 22.5 Å². The van der Waals surface area contributed by atoms with E-state index < -0.39 is 11.6 Å². The highest BCUT2D eigenvalue weighted by Gasteiger charge is 2.41. The van der Waals surface area contributed by atoms with Crippen molar-refractivity contribution in [2.24, 2.45) is 0 Å². The number of aliphatic hydroxyl groups is 1. The molecule has 3 aromatic carbocycles. The summed E-state index contributed by atoms with van der Waals surface area (Å²) in [5, 5.41) is 16.7. The number of hydrogen-bond acceptors (Lipinski definition) is 3. The van der Waals surface area contributed by atoms with Gasteiger partial charge in [0.1, 0.15) is 10.7 Å². The van der Waals surface area contributed by atoms with Gasteiger partial charge in [-0.25, -0.2) is 9.67 Å². The number of nitrogens with zero attached hydrogens (tertiary/aromatic N) is 3. The molecule has 0 bridgehead atoms. The maximum absolute atomic E-state index is 10.5. The second-order valence-corrected chi connectivity index (χ2v) is 8.59. The number of hydrogen-bond donors (Lipinski definition) is 1. The molecule has 0 radical (unpaired) electrons. The molecule has 33 heavy (non-hydrogen) atoms. The zero-order chi connectivity index (χ0) is 23.0. The molecule has 0 aliphatic rings. The fourth-order valence-corrected chi connectivity index (χ4v) is 4.97. The van der Waals surface area contributed by atoms with E-state index in [2.05, 4.69) is 41.4 Å². The number of pyridine rings is 1. The topological polar surface area (TPSA) is 50.9 Å². The Kier molecular flexibility index (Phi) is 5.49. The van der Waals surface area contributed by atoms with E-state index in [-0.39, 0.29) is 0 Å². The molecule has 0 aliphatic carbocycles. The second-order valence-electron chi connectivity index (χ2n) is 8.21. The second kappa shape index (κ2) is 8.47. The van der Waals surface area contributed by atoms with Crippen LogP contribution in [0.25, 0.3) is 10.9 Å². The molecule has 0 amide bonds. The number of fused-ring (bicyclic) bond motifs is 1. The zero-order valence-electron chi connectivity index (χ0n) is 18.5. The first-order chi connectivity index (χ1) is 16.0. The molecule has 2 aromatic heterocycles. The summed E-state index contributed by atoms with van der Waals surface area (Å²) in [7, 11) is 0. The van der Waals surface area contributed by atoms with E-state index in [1.165, 1.54) is 0 Å². The lowest BCUT2D eigenvalue weighted by Crippen LogP contribution is -2.38. The van der Waals surface area contributed by atoms with Crippen LogP contribution in [0.2, 0.25) is 5.15 Å². The highest BCUT2D eigenvalue weighted by molar-refractivity contribution is 6.30. The Labute approximate surface area is 198 Å². The van der Waals surface area contributed by atoms with Crippen molar-refractivity contribution < 1.29 is 5.11 Å². The van der Waals surface area contributed by atoms with Crippen molar-refractivity contribution in [1.29, 1.82) is 0 Å². The van der Waals surface area contributed by atoms with Crippen LogP contribution in [0.4, 0.5) is 0 Å². The molecule has 0 saturated heterocycles. The van der Waals surface area contributed by atoms with Crippen molar-refractivity contribution in [3.05, 3.63) is 130 Å². The molecule has 0 aliphatic heterocycles. The Morgan fingerprint density at radius 2 is 1.27 bits per heavy atom. The SMILES string of the molecule is Cc1nn(C(c2ccccc2)(c2ccccc2)c2ccccc2)c2cc(Cl)nc(C(C)O)c12. The normalized spacial score (nSPS) is 12.7. The van der Waals surface area contributed by atoms with E-state index in [0.29, 0.717) is 10.8 Å². The highest BCUT2D eigenvalue weighted by Crippen LogP contribution is 2.43. The lowest BCUT2D eigenvalue weighted by atomic mass is 9.77. The molecule has 164 valence electrons. The number of benzene rings is 3. The molecule has 0 spiro atoms. The minimum absolute atomic E-state index is 0.322. The van der Waals surface area contributed by atoms with Gasteiger partial charge < -0.3 is 5.11 Å². The van der Waals surface area contributed by atoms with Crippen molar-refractivity contribution in [3.8, 4) is 0 Å². The summed E-state index contributed by atoms with van der Waals surface area (Å²) in [5.74, 6) is 0. The molecule has 5 aromatic rings. The number of halogens is 1. The molecular weight excluding hydrogens is 430 g/mol. The minimum atomic E-state index is -0.776. The minimum Gasteiger partial charge on any atom is -0.387 e. The maximum atomic E-state index is 10.5. The number of aliphatic hydroxyl groups excluding tert-OH is 1. The van der Waals surface area contributed by atoms with Crippen LogP contribution in [0, 0.1) is 6.92 Å². The highest BCUT2D eigenvalue weighted by atomic mass is 35.5. The van der Waals surface area contributed by atoms with Gasteiger partial charge in [0.2, 0.25) is 0 Å². The van der Waals surface area contributed by atoms with Crippen LogP contribution in [-0.2, 0) is 5.54 Å². The molecule has 1 unspecified atom stereocenters. The van der Waals surface area contributed by atoms with Gasteiger partial charge in [-0.1, -0.05) is 103 Å². The number of aromatic nitrogens is 3. The van der Waals surface area contributed by atoms with Gasteiger partial charge in [0.05, 0.1) is 23.0 Å². The van der Waals surface area contributed by atoms with Crippen molar-refractivity contribution in [2.75, 3.05) is 0 Å². The van der Waals surface area contributed by atoms with E-state index in [1.807, 2.05) is 72.3 Å². The first kappa shape index (κ1) is 21.4. The third-order valence-electron chi connectivity index (χ3n) is 6.12. The van der Waals surface area contributed by atoms with Crippen LogP contribution < -0.4 is 0 Å². The van der Waals surface area contributed by atoms with Gasteiger partial charge in [-0.2, -0.15) is 5.10 Å². The summed E-state index contributed by atoms with van der Waals surface area (Å²) >= 11 is 6.47. The Morgan fingerprint density at radius 3 is 1.70 bits per heavy atom. The largest absolute Gasteiger partial charge is 0.387 e. The Bertz CT molecular complexity index is 1300. The third-order valence-corrected chi connectivity index (χ3v) is 6.32. The smallest absolute Gasteiger partial charge is 0.138 e. The summed E-state index contributed by atoms with van der Waals surface area (Å²) in [5.41, 5.74) is 4.58. The summed E-state index contributed by atoms with van der Waals surface area (Å²) < 4.78 is 2.04. The van der Waals surface area contributed by atoms with Crippen LogP contribution in [0.15, 0.2) is 97.1 Å². The predicted molar refractivity (Wildman–Crippen MR) is 133 cm³/mol. The van der Waals surface area contributed by atoms with Crippen LogP contribution in [0.1, 0.15) is 41.1 Å². The first-order valence-electron chi connectivity index (χ1n) is 10.9. The Hall–Kier alpha value is -3.47. The van der Waals surface area contributed by atoms with Crippen molar-refractivity contribution in [2.45, 2.75) is 25.5 Å². The van der Waals surface area contributed by atoms with E-state index in [1.54, 1.807) is 6.92 Å². The van der Waals surface area contributed by atoms with Crippen LogP contribution in [0.5, 0.6) is 0 Å². The van der Waals surface area contributed by atoms with Gasteiger partial charge >= 0.3 is 0 Å². The van der Waals surface area contributed by atoms with Gasteiger partial charge in [0.25, 0.3) is 0 Å². The lowest BCUT2D eigenvalue weighted by Gasteiger charge is -2.37. The first-order valence-corrected chi connectivity index (χ1v) is 11.3. The van der Waals surface area contributed by atoms with Crippen LogP contribution >= 0.6 is 11.6 Å². The average molecular weight is 454 g/mol. The van der Waals surface area contributed by atoms with Gasteiger partial charge in [0, 0.05) is 11.5 Å². The van der Waals surface area contributed by atoms with E-state index >= 15 is 0 Å². The monoisotopic (exact) mass is 453 g/mol. The fraction of sp³-hybridized carbons (Fsp3) is 0.143. The molecule has 1 atom stereocenters. The number of aryl methyl sites for hydroxylation is 1. The summed E-state index contributed by atoms with van der Waals surface area (Å²) in [4.78, 5) is 4.44. The average Bonchev–Trinajstić information content (AvgIpc) is 3.17. The molecule has 0 fully saturated rings. The predicted octanol–water partition coefficient (Wildman–Crippen LogP) is 6.29. The van der Waals surface area contributed by atoms with Crippen LogP contribution in [0.3, 0.4) is 0 Å². The molecule has 5 rings (SSSR count). The van der Waals surface area contributed by atoms with Crippen molar-refractivity contribution in [1.82, 2.24) is 14.8 Å². The Morgan fingerprint density at radius 1 is 0.818 bits per heavy atom. The van der Waals surface area contributed by atoms with Gasteiger partial charge in [0.15, 0.2) is 0 Å². The van der Waals surface area contributed by atoms with E-state index in [0.717, 1.165) is 33.3 Å². The maximum Gasteiger partial charge on any atom is 0.138 e. The molecule has 4 nitrogen and oxygen atoms in total. The quantitative estimate of drug-likeness (QED) is 0.251. The summed E-state index contributed by atoms with van der Waals surface area (Å²) in [6.07, 6.45) is -0.776. The third kappa shape index (κ3) is 3.43. The molecule has 0 saturated carbocycles. The van der Waals surface area contributed by atoms with Gasteiger partial charge in [-0.3, -0.25) is 0 Å².